The largest absolute Gasteiger partial charge is 0.325 e. The van der Waals surface area contributed by atoms with Gasteiger partial charge in [-0.15, -0.1) is 0 Å². The molecule has 0 aromatic heterocycles. The lowest BCUT2D eigenvalue weighted by Crippen LogP contribution is -2.52. The second-order valence-corrected chi connectivity index (χ2v) is 5.19. The fourth-order valence-corrected chi connectivity index (χ4v) is 2.31. The fraction of sp³-hybridized carbons (Fsp3) is 0.467. The third-order valence-corrected chi connectivity index (χ3v) is 3.52. The number of amides is 1. The van der Waals surface area contributed by atoms with E-state index in [1.165, 1.54) is 0 Å². The highest BCUT2D eigenvalue weighted by atomic mass is 16.2. The molecule has 1 heterocycles. The first kappa shape index (κ1) is 14.5. The summed E-state index contributed by atoms with van der Waals surface area (Å²) in [5.41, 5.74) is 3.00. The summed E-state index contributed by atoms with van der Waals surface area (Å²) >= 11 is 0. The molecule has 0 radical (unpaired) electrons. The number of nitrogens with zero attached hydrogens (tertiary/aromatic N) is 2. The molecular formula is C15H20N4O. The molecule has 1 aliphatic rings. The van der Waals surface area contributed by atoms with Gasteiger partial charge >= 0.3 is 0 Å². The molecule has 5 nitrogen and oxygen atoms in total. The summed E-state index contributed by atoms with van der Waals surface area (Å²) in [4.78, 5) is 14.0. The molecule has 1 unspecified atom stereocenters. The summed E-state index contributed by atoms with van der Waals surface area (Å²) in [6.07, 6.45) is 0. The Morgan fingerprint density at radius 2 is 2.35 bits per heavy atom. The van der Waals surface area contributed by atoms with Crippen LogP contribution in [0.5, 0.6) is 0 Å². The first-order valence-electron chi connectivity index (χ1n) is 6.81. The first-order valence-corrected chi connectivity index (χ1v) is 6.81. The maximum atomic E-state index is 12.1. The van der Waals surface area contributed by atoms with Crippen molar-refractivity contribution in [1.82, 2.24) is 10.2 Å². The molecule has 1 amide bonds. The Morgan fingerprint density at radius 3 is 3.10 bits per heavy atom. The normalized spacial score (nSPS) is 19.4. The van der Waals surface area contributed by atoms with Crippen LogP contribution in [0.4, 0.5) is 5.69 Å². The monoisotopic (exact) mass is 272 g/mol. The van der Waals surface area contributed by atoms with Gasteiger partial charge in [-0.25, -0.2) is 0 Å². The zero-order valence-corrected chi connectivity index (χ0v) is 11.9. The van der Waals surface area contributed by atoms with Crippen molar-refractivity contribution >= 4 is 11.6 Å². The Kier molecular flexibility index (Phi) is 4.72. The molecule has 1 saturated heterocycles. The van der Waals surface area contributed by atoms with Crippen LogP contribution in [0.1, 0.15) is 11.1 Å². The molecule has 0 spiro atoms. The topological polar surface area (TPSA) is 68.2 Å². The smallest absolute Gasteiger partial charge is 0.238 e. The summed E-state index contributed by atoms with van der Waals surface area (Å²) in [5, 5.41) is 15.2. The molecular weight excluding hydrogens is 252 g/mol. The molecule has 106 valence electrons. The second kappa shape index (κ2) is 6.51. The van der Waals surface area contributed by atoms with Crippen molar-refractivity contribution in [2.75, 3.05) is 31.5 Å². The van der Waals surface area contributed by atoms with Gasteiger partial charge in [-0.05, 0) is 31.0 Å². The Morgan fingerprint density at radius 1 is 1.55 bits per heavy atom. The number of aryl methyl sites for hydroxylation is 2. The van der Waals surface area contributed by atoms with Crippen LogP contribution in [0, 0.1) is 25.2 Å². The summed E-state index contributed by atoms with van der Waals surface area (Å²) < 4.78 is 0. The highest BCUT2D eigenvalue weighted by Gasteiger charge is 2.23. The molecule has 0 saturated carbocycles. The molecule has 2 rings (SSSR count). The van der Waals surface area contributed by atoms with E-state index in [0.717, 1.165) is 29.9 Å². The van der Waals surface area contributed by atoms with E-state index >= 15 is 0 Å². The van der Waals surface area contributed by atoms with Crippen LogP contribution < -0.4 is 10.6 Å². The molecule has 0 aliphatic carbocycles. The fourth-order valence-electron chi connectivity index (χ4n) is 2.31. The van der Waals surface area contributed by atoms with Crippen molar-refractivity contribution in [2.24, 2.45) is 0 Å². The lowest BCUT2D eigenvalue weighted by Gasteiger charge is -2.31. The van der Waals surface area contributed by atoms with Gasteiger partial charge in [0, 0.05) is 25.3 Å². The predicted molar refractivity (Wildman–Crippen MR) is 78.4 cm³/mol. The van der Waals surface area contributed by atoms with Crippen molar-refractivity contribution in [3.8, 4) is 6.07 Å². The maximum Gasteiger partial charge on any atom is 0.238 e. The first-order chi connectivity index (χ1) is 9.60. The van der Waals surface area contributed by atoms with Gasteiger partial charge in [-0.3, -0.25) is 9.69 Å². The quantitative estimate of drug-likeness (QED) is 0.862. The summed E-state index contributed by atoms with van der Waals surface area (Å²) in [6, 6.07) is 7.98. The molecule has 1 aromatic carbocycles. The lowest BCUT2D eigenvalue weighted by molar-refractivity contribution is -0.117. The summed E-state index contributed by atoms with van der Waals surface area (Å²) in [5.74, 6) is -0.0687. The van der Waals surface area contributed by atoms with Gasteiger partial charge < -0.3 is 10.6 Å². The Hall–Kier alpha value is -1.90. The molecule has 1 aliphatic heterocycles. The van der Waals surface area contributed by atoms with Gasteiger partial charge in [0.2, 0.25) is 5.91 Å². The minimum Gasteiger partial charge on any atom is -0.325 e. The van der Waals surface area contributed by atoms with E-state index in [1.807, 2.05) is 36.9 Å². The Labute approximate surface area is 119 Å². The van der Waals surface area contributed by atoms with Gasteiger partial charge in [-0.1, -0.05) is 12.1 Å². The van der Waals surface area contributed by atoms with E-state index in [0.29, 0.717) is 6.54 Å². The molecule has 1 atom stereocenters. The molecule has 1 aromatic rings. The summed E-state index contributed by atoms with van der Waals surface area (Å²) in [7, 11) is 0. The van der Waals surface area contributed by atoms with E-state index in [4.69, 9.17) is 5.26 Å². The number of anilines is 1. The van der Waals surface area contributed by atoms with Crippen molar-refractivity contribution < 1.29 is 4.79 Å². The third kappa shape index (κ3) is 3.56. The molecule has 1 fully saturated rings. The van der Waals surface area contributed by atoms with Crippen molar-refractivity contribution in [3.05, 3.63) is 29.3 Å². The van der Waals surface area contributed by atoms with Crippen LogP contribution in [0.25, 0.3) is 0 Å². The third-order valence-electron chi connectivity index (χ3n) is 3.52. The average molecular weight is 272 g/mol. The standard InChI is InChI=1S/C15H20N4O/c1-11-3-4-12(2)14(7-11)18-15(20)10-19-6-5-17-9-13(19)8-16/h3-4,7,13,17H,5-6,9-10H2,1-2H3,(H,18,20). The van der Waals surface area contributed by atoms with Crippen LogP contribution in [0.2, 0.25) is 0 Å². The van der Waals surface area contributed by atoms with E-state index in [1.54, 1.807) is 0 Å². The number of carbonyl (C=O) groups excluding carboxylic acids is 1. The van der Waals surface area contributed by atoms with Gasteiger partial charge in [-0.2, -0.15) is 5.26 Å². The Balaban J connectivity index is 1.98. The van der Waals surface area contributed by atoms with Crippen LogP contribution in [0.15, 0.2) is 18.2 Å². The zero-order valence-electron chi connectivity index (χ0n) is 11.9. The van der Waals surface area contributed by atoms with Crippen LogP contribution in [0.3, 0.4) is 0 Å². The number of hydrogen-bond donors (Lipinski definition) is 2. The van der Waals surface area contributed by atoms with Crippen LogP contribution in [-0.4, -0.2) is 43.0 Å². The number of hydrogen-bond acceptors (Lipinski definition) is 4. The molecule has 20 heavy (non-hydrogen) atoms. The maximum absolute atomic E-state index is 12.1. The number of nitriles is 1. The lowest BCUT2D eigenvalue weighted by atomic mass is 10.1. The molecule has 0 bridgehead atoms. The second-order valence-electron chi connectivity index (χ2n) is 5.19. The highest BCUT2D eigenvalue weighted by Crippen LogP contribution is 2.16. The van der Waals surface area contributed by atoms with E-state index in [2.05, 4.69) is 16.7 Å². The van der Waals surface area contributed by atoms with Gasteiger partial charge in [0.05, 0.1) is 12.6 Å². The minimum absolute atomic E-state index is 0.0687. The zero-order chi connectivity index (χ0) is 14.5. The number of piperazine rings is 1. The van der Waals surface area contributed by atoms with Crippen molar-refractivity contribution in [3.63, 3.8) is 0 Å². The minimum atomic E-state index is -0.229. The van der Waals surface area contributed by atoms with E-state index in [9.17, 15) is 4.79 Å². The number of carbonyl (C=O) groups is 1. The summed E-state index contributed by atoms with van der Waals surface area (Å²) in [6.45, 7) is 6.38. The van der Waals surface area contributed by atoms with Crippen molar-refractivity contribution in [2.45, 2.75) is 19.9 Å². The molecule has 5 heteroatoms. The average Bonchev–Trinajstić information content (AvgIpc) is 2.43. The molecule has 2 N–H and O–H groups in total. The predicted octanol–water partition coefficient (Wildman–Crippen LogP) is 1.04. The SMILES string of the molecule is Cc1ccc(C)c(NC(=O)CN2CCNCC2C#N)c1. The van der Waals surface area contributed by atoms with Crippen molar-refractivity contribution in [1.29, 1.82) is 5.26 Å². The Bertz CT molecular complexity index is 535. The number of benzene rings is 1. The van der Waals surface area contributed by atoms with Gasteiger partial charge in [0.1, 0.15) is 6.04 Å². The number of rotatable bonds is 3. The highest BCUT2D eigenvalue weighted by molar-refractivity contribution is 5.93. The van der Waals surface area contributed by atoms with Crippen LogP contribution >= 0.6 is 0 Å². The van der Waals surface area contributed by atoms with E-state index < -0.39 is 0 Å². The van der Waals surface area contributed by atoms with Gasteiger partial charge in [0.25, 0.3) is 0 Å². The van der Waals surface area contributed by atoms with E-state index in [-0.39, 0.29) is 18.5 Å². The van der Waals surface area contributed by atoms with Gasteiger partial charge in [0.15, 0.2) is 0 Å². The van der Waals surface area contributed by atoms with Crippen LogP contribution in [-0.2, 0) is 4.79 Å². The number of nitrogens with one attached hydrogen (secondary N) is 2.